The molecule has 1 aromatic rings. The summed E-state index contributed by atoms with van der Waals surface area (Å²) in [5.74, 6) is -0.711. The van der Waals surface area contributed by atoms with Crippen molar-refractivity contribution in [2.75, 3.05) is 13.2 Å². The number of nitrogens with zero attached hydrogens (tertiary/aromatic N) is 1. The lowest BCUT2D eigenvalue weighted by molar-refractivity contribution is -0.231. The van der Waals surface area contributed by atoms with Gasteiger partial charge in [-0.2, -0.15) is 0 Å². The van der Waals surface area contributed by atoms with Gasteiger partial charge < -0.3 is 40.3 Å². The molecule has 1 saturated heterocycles. The van der Waals surface area contributed by atoms with Gasteiger partial charge in [0.15, 0.2) is 6.23 Å². The van der Waals surface area contributed by atoms with Gasteiger partial charge in [-0.3, -0.25) is 9.59 Å². The second kappa shape index (κ2) is 40.0. The fraction of sp³-hybridized carbons (Fsp3) is 0.839. The molecule has 0 aliphatic carbocycles. The molecule has 1 heterocycles. The molecule has 1 aliphatic heterocycles. The van der Waals surface area contributed by atoms with E-state index in [-0.39, 0.29) is 24.9 Å². The Morgan fingerprint density at radius 2 is 1.06 bits per heavy atom. The molecular weight excluding hydrogens is 843 g/mol. The molecule has 6 atom stereocenters. The Labute approximate surface area is 409 Å². The molecule has 11 nitrogen and oxygen atoms in total. The molecule has 0 radical (unpaired) electrons. The SMILES string of the molecule is CCCCCCCCCCCCCCCCCCN(C(=O)CCCCCCCCCCCCCCCCC)[C@@H]1O[C@H](CO)[C@H](O)[C@H](O)[C@H]1NC(=O)[C@H](CC(C)C)NC(=O)OCc1ccccc1. The minimum atomic E-state index is -1.54. The third-order valence-corrected chi connectivity index (χ3v) is 13.6. The number of benzene rings is 1. The molecule has 5 N–H and O–H groups in total. The van der Waals surface area contributed by atoms with Crippen molar-refractivity contribution < 1.29 is 39.2 Å². The van der Waals surface area contributed by atoms with Crippen molar-refractivity contribution in [3.05, 3.63) is 35.9 Å². The van der Waals surface area contributed by atoms with Gasteiger partial charge in [0.05, 0.1) is 6.61 Å². The molecule has 1 aromatic carbocycles. The van der Waals surface area contributed by atoms with Crippen molar-refractivity contribution in [1.82, 2.24) is 15.5 Å². The number of unbranched alkanes of at least 4 members (excludes halogenated alkanes) is 29. The molecule has 0 bridgehead atoms. The van der Waals surface area contributed by atoms with E-state index in [2.05, 4.69) is 24.5 Å². The van der Waals surface area contributed by atoms with E-state index >= 15 is 0 Å². The summed E-state index contributed by atoms with van der Waals surface area (Å²) >= 11 is 0. The minimum absolute atomic E-state index is 0.0146. The lowest BCUT2D eigenvalue weighted by atomic mass is 9.94. The van der Waals surface area contributed by atoms with Crippen molar-refractivity contribution in [2.24, 2.45) is 5.92 Å². The molecule has 0 aromatic heterocycles. The number of amides is 3. The summed E-state index contributed by atoms with van der Waals surface area (Å²) in [6, 6.07) is 7.03. The van der Waals surface area contributed by atoms with Gasteiger partial charge >= 0.3 is 6.09 Å². The van der Waals surface area contributed by atoms with Crippen LogP contribution in [0.25, 0.3) is 0 Å². The zero-order valence-corrected chi connectivity index (χ0v) is 43.2. The molecule has 0 unspecified atom stereocenters. The van der Waals surface area contributed by atoms with Gasteiger partial charge in [-0.25, -0.2) is 4.79 Å². The van der Waals surface area contributed by atoms with E-state index in [0.717, 1.165) is 56.9 Å². The first kappa shape index (κ1) is 60.4. The van der Waals surface area contributed by atoms with Gasteiger partial charge in [0.2, 0.25) is 11.8 Å². The maximum Gasteiger partial charge on any atom is 0.408 e. The van der Waals surface area contributed by atoms with Gasteiger partial charge in [-0.05, 0) is 30.7 Å². The van der Waals surface area contributed by atoms with Crippen molar-refractivity contribution in [1.29, 1.82) is 0 Å². The van der Waals surface area contributed by atoms with Crippen molar-refractivity contribution in [3.63, 3.8) is 0 Å². The fourth-order valence-corrected chi connectivity index (χ4v) is 9.41. The van der Waals surface area contributed by atoms with Crippen LogP contribution >= 0.6 is 0 Å². The van der Waals surface area contributed by atoms with Crippen LogP contribution in [-0.2, 0) is 25.7 Å². The quantitative estimate of drug-likeness (QED) is 0.0405. The summed E-state index contributed by atoms with van der Waals surface area (Å²) < 4.78 is 11.7. The van der Waals surface area contributed by atoms with Gasteiger partial charge in [0.25, 0.3) is 0 Å². The van der Waals surface area contributed by atoms with E-state index in [0.29, 0.717) is 13.0 Å². The van der Waals surface area contributed by atoms with Crippen molar-refractivity contribution >= 4 is 17.9 Å². The number of nitrogens with one attached hydrogen (secondary N) is 2. The number of ether oxygens (including phenoxy) is 2. The number of aliphatic hydroxyl groups excluding tert-OH is 3. The lowest BCUT2D eigenvalue weighted by Gasteiger charge is -2.47. The van der Waals surface area contributed by atoms with E-state index < -0.39 is 55.2 Å². The topological polar surface area (TPSA) is 158 Å². The Bertz CT molecular complexity index is 1350. The monoisotopic (exact) mass is 944 g/mol. The average molecular weight is 944 g/mol. The van der Waals surface area contributed by atoms with Gasteiger partial charge in [0.1, 0.15) is 37.0 Å². The average Bonchev–Trinajstić information content (AvgIpc) is 3.32. The normalized spacial score (nSPS) is 18.8. The predicted octanol–water partition coefficient (Wildman–Crippen LogP) is 12.6. The third kappa shape index (κ3) is 28.5. The molecule has 0 spiro atoms. The Kier molecular flexibility index (Phi) is 36.1. The number of hydrogen-bond acceptors (Lipinski definition) is 8. The smallest absolute Gasteiger partial charge is 0.408 e. The van der Waals surface area contributed by atoms with Gasteiger partial charge in [-0.15, -0.1) is 0 Å². The standard InChI is InChI=1S/C56H101N3O8/c1-5-7-9-11-13-15-17-19-21-23-25-27-29-31-33-38-42-59(50(61)41-37-32-30-28-26-24-22-20-18-16-14-12-10-8-6-2)55-51(53(63)52(62)49(44-60)67-55)58-54(64)48(43-46(3)4)57-56(65)66-45-47-39-35-34-36-40-47/h34-36,39-40,46,48-49,51-53,55,60,62-63H,5-33,37-38,41-45H2,1-4H3,(H,57,65)(H,58,64)/t48-,49+,51+,52-,53+,55+/m0/s1. The molecule has 67 heavy (non-hydrogen) atoms. The van der Waals surface area contributed by atoms with Crippen LogP contribution in [0.2, 0.25) is 0 Å². The van der Waals surface area contributed by atoms with Crippen molar-refractivity contribution in [3.8, 4) is 0 Å². The highest BCUT2D eigenvalue weighted by Crippen LogP contribution is 2.27. The highest BCUT2D eigenvalue weighted by atomic mass is 16.6. The summed E-state index contributed by atoms with van der Waals surface area (Å²) in [5.41, 5.74) is 0.804. The lowest BCUT2D eigenvalue weighted by Crippen LogP contribution is -2.70. The molecular formula is C56H101N3O8. The van der Waals surface area contributed by atoms with Gasteiger partial charge in [0, 0.05) is 13.0 Å². The molecule has 3 amide bonds. The van der Waals surface area contributed by atoms with Gasteiger partial charge in [-0.1, -0.05) is 244 Å². The maximum atomic E-state index is 14.2. The molecule has 0 saturated carbocycles. The first-order valence-corrected chi connectivity index (χ1v) is 27.8. The van der Waals surface area contributed by atoms with E-state index in [1.807, 2.05) is 44.2 Å². The number of alkyl carbamates (subject to hydrolysis) is 1. The number of hydrogen-bond donors (Lipinski definition) is 5. The first-order chi connectivity index (χ1) is 32.6. The van der Waals surface area contributed by atoms with Crippen LogP contribution in [0.3, 0.4) is 0 Å². The first-order valence-electron chi connectivity index (χ1n) is 27.8. The minimum Gasteiger partial charge on any atom is -0.445 e. The van der Waals surface area contributed by atoms with E-state index in [1.165, 1.54) is 148 Å². The highest BCUT2D eigenvalue weighted by molar-refractivity contribution is 5.86. The number of carbonyl (C=O) groups is 3. The Morgan fingerprint density at radius 3 is 1.49 bits per heavy atom. The number of carbonyl (C=O) groups excluding carboxylic acids is 3. The van der Waals surface area contributed by atoms with Crippen LogP contribution in [0, 0.1) is 5.92 Å². The number of aliphatic hydroxyl groups is 3. The zero-order chi connectivity index (χ0) is 48.7. The van der Waals surface area contributed by atoms with Crippen LogP contribution in [-0.4, -0.2) is 87.9 Å². The van der Waals surface area contributed by atoms with E-state index in [9.17, 15) is 29.7 Å². The van der Waals surface area contributed by atoms with Crippen LogP contribution in [0.4, 0.5) is 4.79 Å². The van der Waals surface area contributed by atoms with E-state index in [4.69, 9.17) is 9.47 Å². The van der Waals surface area contributed by atoms with Crippen molar-refractivity contribution in [2.45, 2.75) is 283 Å². The van der Waals surface area contributed by atoms with E-state index in [1.54, 1.807) is 4.90 Å². The number of rotatable bonds is 42. The third-order valence-electron chi connectivity index (χ3n) is 13.6. The largest absolute Gasteiger partial charge is 0.445 e. The molecule has 1 fully saturated rings. The fourth-order valence-electron chi connectivity index (χ4n) is 9.41. The molecule has 2 rings (SSSR count). The van der Waals surface area contributed by atoms with Crippen LogP contribution in [0.1, 0.15) is 245 Å². The summed E-state index contributed by atoms with van der Waals surface area (Å²) in [4.78, 5) is 42.9. The van der Waals surface area contributed by atoms with Crippen LogP contribution < -0.4 is 10.6 Å². The maximum absolute atomic E-state index is 14.2. The summed E-state index contributed by atoms with van der Waals surface area (Å²) in [7, 11) is 0. The molecule has 11 heteroatoms. The summed E-state index contributed by atoms with van der Waals surface area (Å²) in [5, 5.41) is 38.4. The molecule has 388 valence electrons. The van der Waals surface area contributed by atoms with Crippen LogP contribution in [0.15, 0.2) is 30.3 Å². The highest BCUT2D eigenvalue weighted by Gasteiger charge is 2.48. The van der Waals surface area contributed by atoms with Crippen LogP contribution in [0.5, 0.6) is 0 Å². The summed E-state index contributed by atoms with van der Waals surface area (Å²) in [6.07, 6.45) is 32.6. The Balaban J connectivity index is 2.01. The Morgan fingerprint density at radius 1 is 0.627 bits per heavy atom. The second-order valence-electron chi connectivity index (χ2n) is 20.2. The zero-order valence-electron chi connectivity index (χ0n) is 43.2. The molecule has 1 aliphatic rings. The summed E-state index contributed by atoms with van der Waals surface area (Å²) in [6.45, 7) is 8.21. The predicted molar refractivity (Wildman–Crippen MR) is 274 cm³/mol. The second-order valence-corrected chi connectivity index (χ2v) is 20.2. The Hall–Kier alpha value is -2.73.